The molecule has 22 heavy (non-hydrogen) atoms. The average Bonchev–Trinajstić information content (AvgIpc) is 2.53. The fourth-order valence-corrected chi connectivity index (χ4v) is 2.24. The Balaban J connectivity index is 2.77. The molecular formula is C17H26N2O3. The summed E-state index contributed by atoms with van der Waals surface area (Å²) in [4.78, 5) is 17.5. The molecule has 0 radical (unpaired) electrons. The van der Waals surface area contributed by atoms with E-state index in [2.05, 4.69) is 4.99 Å². The number of carbonyl (C=O) groups is 1. The Labute approximate surface area is 132 Å². The highest BCUT2D eigenvalue weighted by molar-refractivity contribution is 5.80. The van der Waals surface area contributed by atoms with Gasteiger partial charge in [0.25, 0.3) is 0 Å². The van der Waals surface area contributed by atoms with Crippen LogP contribution in [0, 0.1) is 0 Å². The lowest BCUT2D eigenvalue weighted by atomic mass is 10.1. The van der Waals surface area contributed by atoms with Gasteiger partial charge in [-0.05, 0) is 24.5 Å². The topological polar surface area (TPSA) is 62.1 Å². The van der Waals surface area contributed by atoms with Crippen molar-refractivity contribution in [3.63, 3.8) is 0 Å². The molecule has 1 unspecified atom stereocenters. The average molecular weight is 306 g/mol. The van der Waals surface area contributed by atoms with Gasteiger partial charge in [-0.15, -0.1) is 0 Å². The van der Waals surface area contributed by atoms with E-state index in [4.69, 9.17) is 4.74 Å². The van der Waals surface area contributed by atoms with Crippen molar-refractivity contribution in [3.05, 3.63) is 29.8 Å². The molecule has 0 spiro atoms. The predicted octanol–water partition coefficient (Wildman–Crippen LogP) is 2.28. The van der Waals surface area contributed by atoms with Crippen molar-refractivity contribution in [1.82, 2.24) is 4.90 Å². The lowest BCUT2D eigenvalue weighted by Crippen LogP contribution is -2.42. The number of aliphatic imine (C=N–C) groups is 1. The SMILES string of the molecule is CCCCC(=O)N(CCc1ccccc1OC)C(O)C=NC. The van der Waals surface area contributed by atoms with Crippen LogP contribution < -0.4 is 4.74 Å². The number of nitrogens with zero attached hydrogens (tertiary/aromatic N) is 2. The van der Waals surface area contributed by atoms with E-state index in [1.807, 2.05) is 31.2 Å². The minimum Gasteiger partial charge on any atom is -0.496 e. The fraction of sp³-hybridized carbons (Fsp3) is 0.529. The van der Waals surface area contributed by atoms with Crippen LogP contribution in [0.5, 0.6) is 5.75 Å². The molecule has 1 rings (SSSR count). The number of methoxy groups -OCH3 is 1. The van der Waals surface area contributed by atoms with Gasteiger partial charge in [-0.2, -0.15) is 0 Å². The number of amides is 1. The lowest BCUT2D eigenvalue weighted by Gasteiger charge is -2.26. The molecule has 1 aromatic carbocycles. The zero-order valence-electron chi connectivity index (χ0n) is 13.7. The van der Waals surface area contributed by atoms with Gasteiger partial charge in [0, 0.05) is 26.2 Å². The van der Waals surface area contributed by atoms with E-state index in [-0.39, 0.29) is 5.91 Å². The number of unbranched alkanes of at least 4 members (excludes halogenated alkanes) is 1. The summed E-state index contributed by atoms with van der Waals surface area (Å²) in [6.45, 7) is 2.46. The second-order valence-electron chi connectivity index (χ2n) is 5.07. The zero-order valence-corrected chi connectivity index (χ0v) is 13.7. The van der Waals surface area contributed by atoms with Gasteiger partial charge in [-0.1, -0.05) is 31.5 Å². The van der Waals surface area contributed by atoms with E-state index in [0.717, 1.165) is 24.2 Å². The molecule has 0 aromatic heterocycles. The van der Waals surface area contributed by atoms with Crippen LogP contribution >= 0.6 is 0 Å². The summed E-state index contributed by atoms with van der Waals surface area (Å²) < 4.78 is 5.32. The second kappa shape index (κ2) is 9.95. The first-order valence-electron chi connectivity index (χ1n) is 7.65. The Morgan fingerprint density at radius 1 is 1.45 bits per heavy atom. The van der Waals surface area contributed by atoms with Crippen LogP contribution in [0.2, 0.25) is 0 Å². The monoisotopic (exact) mass is 306 g/mol. The van der Waals surface area contributed by atoms with Gasteiger partial charge >= 0.3 is 0 Å². The first-order chi connectivity index (χ1) is 10.6. The minimum absolute atomic E-state index is 0.0517. The van der Waals surface area contributed by atoms with Crippen molar-refractivity contribution >= 4 is 12.1 Å². The molecule has 0 fully saturated rings. The van der Waals surface area contributed by atoms with E-state index in [1.54, 1.807) is 14.2 Å². The van der Waals surface area contributed by atoms with Gasteiger partial charge in [0.2, 0.25) is 5.91 Å². The molecule has 122 valence electrons. The summed E-state index contributed by atoms with van der Waals surface area (Å²) in [6, 6.07) is 7.70. The first-order valence-corrected chi connectivity index (χ1v) is 7.65. The number of benzene rings is 1. The smallest absolute Gasteiger partial charge is 0.224 e. The van der Waals surface area contributed by atoms with E-state index in [0.29, 0.717) is 19.4 Å². The molecule has 0 heterocycles. The molecule has 1 atom stereocenters. The second-order valence-corrected chi connectivity index (χ2v) is 5.07. The van der Waals surface area contributed by atoms with Crippen LogP contribution in [0.25, 0.3) is 0 Å². The summed E-state index contributed by atoms with van der Waals surface area (Å²) in [5, 5.41) is 10.1. The molecule has 0 aliphatic carbocycles. The van der Waals surface area contributed by atoms with Crippen LogP contribution in [0.3, 0.4) is 0 Å². The van der Waals surface area contributed by atoms with Crippen LogP contribution in [0.15, 0.2) is 29.3 Å². The Bertz CT molecular complexity index is 489. The van der Waals surface area contributed by atoms with Crippen molar-refractivity contribution in [2.24, 2.45) is 4.99 Å². The van der Waals surface area contributed by atoms with Gasteiger partial charge in [-0.3, -0.25) is 9.79 Å². The third-order valence-electron chi connectivity index (χ3n) is 3.48. The molecule has 0 saturated heterocycles. The number of aliphatic hydroxyl groups is 1. The molecule has 1 N–H and O–H groups in total. The molecule has 5 heteroatoms. The van der Waals surface area contributed by atoms with Gasteiger partial charge in [0.05, 0.1) is 7.11 Å². The van der Waals surface area contributed by atoms with Gasteiger partial charge in [-0.25, -0.2) is 0 Å². The highest BCUT2D eigenvalue weighted by Gasteiger charge is 2.20. The van der Waals surface area contributed by atoms with Crippen molar-refractivity contribution in [1.29, 1.82) is 0 Å². The molecule has 1 aromatic rings. The summed E-state index contributed by atoms with van der Waals surface area (Å²) in [5.74, 6) is 0.742. The summed E-state index contributed by atoms with van der Waals surface area (Å²) in [7, 11) is 3.21. The third kappa shape index (κ3) is 5.48. The number of rotatable bonds is 9. The minimum atomic E-state index is -0.982. The summed E-state index contributed by atoms with van der Waals surface area (Å²) >= 11 is 0. The maximum Gasteiger partial charge on any atom is 0.224 e. The van der Waals surface area contributed by atoms with Gasteiger partial charge in [0.15, 0.2) is 6.23 Å². The Morgan fingerprint density at radius 3 is 2.82 bits per heavy atom. The quantitative estimate of drug-likeness (QED) is 0.562. The summed E-state index contributed by atoms with van der Waals surface area (Å²) in [5.41, 5.74) is 1.01. The molecule has 0 bridgehead atoms. The Morgan fingerprint density at radius 2 is 2.18 bits per heavy atom. The highest BCUT2D eigenvalue weighted by atomic mass is 16.5. The number of ether oxygens (including phenoxy) is 1. The molecule has 5 nitrogen and oxygen atoms in total. The number of aliphatic hydroxyl groups excluding tert-OH is 1. The molecule has 0 saturated carbocycles. The number of hydrogen-bond acceptors (Lipinski definition) is 4. The molecule has 0 aliphatic heterocycles. The first kappa shape index (κ1) is 18.2. The molecule has 0 aliphatic rings. The number of carbonyl (C=O) groups excluding carboxylic acids is 1. The van der Waals surface area contributed by atoms with Crippen molar-refractivity contribution in [2.45, 2.75) is 38.8 Å². The Kier molecular flexibility index (Phi) is 8.22. The predicted molar refractivity (Wildman–Crippen MR) is 88.4 cm³/mol. The standard InChI is InChI=1S/C17H26N2O3/c1-4-5-10-16(20)19(17(21)13-18-2)12-11-14-8-6-7-9-15(14)22-3/h6-9,13,17,21H,4-5,10-12H2,1-3H3. The largest absolute Gasteiger partial charge is 0.496 e. The van der Waals surface area contributed by atoms with Crippen LogP contribution in [0.4, 0.5) is 0 Å². The maximum absolute atomic E-state index is 12.3. The lowest BCUT2D eigenvalue weighted by molar-refractivity contribution is -0.137. The van der Waals surface area contributed by atoms with Gasteiger partial charge < -0.3 is 14.7 Å². The maximum atomic E-state index is 12.3. The number of hydrogen-bond donors (Lipinski definition) is 1. The van der Waals surface area contributed by atoms with Crippen LogP contribution in [-0.2, 0) is 11.2 Å². The third-order valence-corrected chi connectivity index (χ3v) is 3.48. The van der Waals surface area contributed by atoms with E-state index < -0.39 is 6.23 Å². The van der Waals surface area contributed by atoms with Gasteiger partial charge in [0.1, 0.15) is 5.75 Å². The molecular weight excluding hydrogens is 280 g/mol. The van der Waals surface area contributed by atoms with Crippen LogP contribution in [-0.4, -0.2) is 49.1 Å². The summed E-state index contributed by atoms with van der Waals surface area (Å²) in [6.07, 6.45) is 3.23. The normalized spacial score (nSPS) is 12.4. The fourth-order valence-electron chi connectivity index (χ4n) is 2.24. The number of para-hydroxylation sites is 1. The van der Waals surface area contributed by atoms with E-state index in [1.165, 1.54) is 11.1 Å². The Hall–Kier alpha value is -1.88. The van der Waals surface area contributed by atoms with Crippen molar-refractivity contribution in [3.8, 4) is 5.75 Å². The van der Waals surface area contributed by atoms with E-state index >= 15 is 0 Å². The van der Waals surface area contributed by atoms with Crippen molar-refractivity contribution in [2.75, 3.05) is 20.7 Å². The highest BCUT2D eigenvalue weighted by Crippen LogP contribution is 2.18. The van der Waals surface area contributed by atoms with Crippen LogP contribution in [0.1, 0.15) is 31.7 Å². The van der Waals surface area contributed by atoms with Crippen molar-refractivity contribution < 1.29 is 14.6 Å². The van der Waals surface area contributed by atoms with E-state index in [9.17, 15) is 9.90 Å². The zero-order chi connectivity index (χ0) is 16.4. The molecule has 1 amide bonds.